The van der Waals surface area contributed by atoms with E-state index in [2.05, 4.69) is 26.7 Å². The number of fused-ring (bicyclic) bond motifs is 1. The smallest absolute Gasteiger partial charge is 0.270 e. The van der Waals surface area contributed by atoms with Crippen LogP contribution < -0.4 is 21.3 Å². The largest absolute Gasteiger partial charge is 0.343 e. The third-order valence-corrected chi connectivity index (χ3v) is 9.70. The molecule has 1 atom stereocenters. The van der Waals surface area contributed by atoms with E-state index in [0.717, 1.165) is 29.7 Å². The second kappa shape index (κ2) is 11.2. The molecule has 0 radical (unpaired) electrons. The molecule has 47 heavy (non-hydrogen) atoms. The highest BCUT2D eigenvalue weighted by Crippen LogP contribution is 2.47. The summed E-state index contributed by atoms with van der Waals surface area (Å²) in [7, 11) is 0. The molecular formula is C34H30Cl2N8O3. The molecular weight excluding hydrogens is 639 g/mol. The van der Waals surface area contributed by atoms with Gasteiger partial charge in [-0.2, -0.15) is 5.26 Å². The van der Waals surface area contributed by atoms with Gasteiger partial charge in [-0.3, -0.25) is 23.9 Å². The second-order valence-electron chi connectivity index (χ2n) is 12.6. The van der Waals surface area contributed by atoms with Crippen LogP contribution in [0.25, 0.3) is 0 Å². The maximum Gasteiger partial charge on any atom is 0.270 e. The van der Waals surface area contributed by atoms with E-state index in [0.29, 0.717) is 40.7 Å². The van der Waals surface area contributed by atoms with Crippen molar-refractivity contribution in [2.45, 2.75) is 62.2 Å². The number of nitriles is 1. The third-order valence-electron chi connectivity index (χ3n) is 9.26. The Kier molecular flexibility index (Phi) is 7.35. The normalized spacial score (nSPS) is 19.9. The van der Waals surface area contributed by atoms with Crippen LogP contribution in [0.3, 0.4) is 0 Å². The number of nitrogens with zero attached hydrogens (tertiary/aromatic N) is 5. The molecule has 2 fully saturated rings. The van der Waals surface area contributed by atoms with E-state index in [-0.39, 0.29) is 29.9 Å². The van der Waals surface area contributed by atoms with Crippen LogP contribution in [0, 0.1) is 11.3 Å². The lowest BCUT2D eigenvalue weighted by atomic mass is 9.91. The molecule has 1 aliphatic heterocycles. The first-order valence-electron chi connectivity index (χ1n) is 15.2. The van der Waals surface area contributed by atoms with Crippen LogP contribution in [0.4, 0.5) is 11.6 Å². The average molecular weight is 670 g/mol. The van der Waals surface area contributed by atoms with Crippen molar-refractivity contribution in [1.29, 1.82) is 5.26 Å². The van der Waals surface area contributed by atoms with Crippen LogP contribution in [0.15, 0.2) is 67.0 Å². The zero-order valence-electron chi connectivity index (χ0n) is 25.4. The molecule has 0 bridgehead atoms. The maximum absolute atomic E-state index is 14.3. The van der Waals surface area contributed by atoms with Gasteiger partial charge >= 0.3 is 0 Å². The molecule has 3 amide bonds. The van der Waals surface area contributed by atoms with E-state index >= 15 is 0 Å². The highest BCUT2D eigenvalue weighted by Gasteiger charge is 2.57. The minimum Gasteiger partial charge on any atom is -0.343 e. The van der Waals surface area contributed by atoms with E-state index in [1.165, 1.54) is 11.1 Å². The van der Waals surface area contributed by atoms with E-state index in [1.807, 2.05) is 12.1 Å². The molecule has 2 aromatic carbocycles. The molecule has 11 nitrogen and oxygen atoms in total. The number of imidazole rings is 1. The number of amides is 3. The SMILES string of the molecule is C[C@@]1(Cc2ccc(C#N)cc2)C(=O)N(c2cc(Cl)cc(Cl)c2)c2ncc(C(=O)NC3(C(=O)NC4(c5cc(CN)ccn5)CC4)CC3)n21. The molecule has 7 rings (SSSR count). The maximum atomic E-state index is 14.3. The zero-order chi connectivity index (χ0) is 33.1. The van der Waals surface area contributed by atoms with Crippen molar-refractivity contribution in [3.63, 3.8) is 0 Å². The quantitative estimate of drug-likeness (QED) is 0.235. The van der Waals surface area contributed by atoms with Crippen LogP contribution in [0.2, 0.25) is 10.0 Å². The number of carbonyl (C=O) groups is 3. The van der Waals surface area contributed by atoms with Crippen molar-refractivity contribution >= 4 is 52.6 Å². The fraction of sp³-hybridized carbons (Fsp3) is 0.294. The number of rotatable bonds is 9. The molecule has 3 aliphatic rings. The first-order valence-corrected chi connectivity index (χ1v) is 15.9. The molecule has 3 heterocycles. The first kappa shape index (κ1) is 30.9. The standard InChI is InChI=1S/C34H30Cl2N8O3/c1-32(16-20-2-4-21(17-37)5-3-20)30(47)43(25-14-23(35)13-24(36)15-25)31-40-19-26(44(31)32)28(45)41-34(9-10-34)29(46)42-33(7-8-33)27-12-22(18-38)6-11-39-27/h2-6,11-15,19H,7-10,16,18,38H2,1H3,(H,41,45)(H,42,46)/t32-/m1/s1. The third kappa shape index (κ3) is 5.32. The van der Waals surface area contributed by atoms with Crippen molar-refractivity contribution in [2.24, 2.45) is 5.73 Å². The van der Waals surface area contributed by atoms with Crippen molar-refractivity contribution in [3.05, 3.63) is 105 Å². The number of halogens is 2. The number of carbonyl (C=O) groups excluding carboxylic acids is 3. The number of hydrogen-bond acceptors (Lipinski definition) is 7. The number of hydrogen-bond donors (Lipinski definition) is 3. The fourth-order valence-electron chi connectivity index (χ4n) is 6.31. The van der Waals surface area contributed by atoms with E-state index in [4.69, 9.17) is 28.9 Å². The van der Waals surface area contributed by atoms with Gasteiger partial charge in [-0.05, 0) is 86.2 Å². The molecule has 2 aromatic heterocycles. The van der Waals surface area contributed by atoms with Crippen molar-refractivity contribution < 1.29 is 14.4 Å². The summed E-state index contributed by atoms with van der Waals surface area (Å²) in [6.07, 6.45) is 5.69. The van der Waals surface area contributed by atoms with Gasteiger partial charge in [-0.25, -0.2) is 9.88 Å². The Labute approximate surface area is 280 Å². The molecule has 0 saturated heterocycles. The van der Waals surface area contributed by atoms with Crippen LogP contribution in [-0.4, -0.2) is 37.8 Å². The highest BCUT2D eigenvalue weighted by molar-refractivity contribution is 6.35. The number of benzene rings is 2. The topological polar surface area (TPSA) is 159 Å². The molecule has 4 N–H and O–H groups in total. The second-order valence-corrected chi connectivity index (χ2v) is 13.5. The minimum absolute atomic E-state index is 0.123. The van der Waals surface area contributed by atoms with Gasteiger partial charge in [0, 0.05) is 29.2 Å². The van der Waals surface area contributed by atoms with Crippen molar-refractivity contribution in [1.82, 2.24) is 25.2 Å². The summed E-state index contributed by atoms with van der Waals surface area (Å²) in [6.45, 7) is 2.10. The lowest BCUT2D eigenvalue weighted by molar-refractivity contribution is -0.125. The summed E-state index contributed by atoms with van der Waals surface area (Å²) in [4.78, 5) is 52.5. The Hall–Kier alpha value is -4.76. The summed E-state index contributed by atoms with van der Waals surface area (Å²) in [5, 5.41) is 16.1. The summed E-state index contributed by atoms with van der Waals surface area (Å²) in [6, 6.07) is 17.5. The number of anilines is 2. The Balaban J connectivity index is 1.21. The summed E-state index contributed by atoms with van der Waals surface area (Å²) < 4.78 is 1.61. The molecule has 2 aliphatic carbocycles. The Morgan fingerprint density at radius 1 is 0.979 bits per heavy atom. The number of nitrogens with two attached hydrogens (primary N) is 1. The summed E-state index contributed by atoms with van der Waals surface area (Å²) in [5.41, 5.74) is 6.28. The fourth-order valence-corrected chi connectivity index (χ4v) is 6.82. The molecule has 4 aromatic rings. The first-order chi connectivity index (χ1) is 22.5. The Bertz CT molecular complexity index is 1970. The van der Waals surface area contributed by atoms with E-state index < -0.39 is 22.5 Å². The predicted molar refractivity (Wildman–Crippen MR) is 175 cm³/mol. The Morgan fingerprint density at radius 2 is 1.68 bits per heavy atom. The molecule has 0 spiro atoms. The average Bonchev–Trinajstić information content (AvgIpc) is 3.96. The highest BCUT2D eigenvalue weighted by atomic mass is 35.5. The number of aromatic nitrogens is 3. The van der Waals surface area contributed by atoms with Crippen molar-refractivity contribution in [3.8, 4) is 6.07 Å². The Morgan fingerprint density at radius 3 is 2.30 bits per heavy atom. The molecule has 0 unspecified atom stereocenters. The van der Waals surface area contributed by atoms with Gasteiger partial charge in [0.2, 0.25) is 11.9 Å². The van der Waals surface area contributed by atoms with Crippen LogP contribution >= 0.6 is 23.2 Å². The lowest BCUT2D eigenvalue weighted by Crippen LogP contribution is -2.52. The van der Waals surface area contributed by atoms with Gasteiger partial charge in [-0.1, -0.05) is 35.3 Å². The lowest BCUT2D eigenvalue weighted by Gasteiger charge is -2.27. The summed E-state index contributed by atoms with van der Waals surface area (Å²) >= 11 is 12.6. The van der Waals surface area contributed by atoms with E-state index in [1.54, 1.807) is 60.2 Å². The number of pyridine rings is 1. The van der Waals surface area contributed by atoms with Gasteiger partial charge in [0.25, 0.3) is 11.8 Å². The number of nitrogens with one attached hydrogen (secondary N) is 2. The predicted octanol–water partition coefficient (Wildman–Crippen LogP) is 4.62. The van der Waals surface area contributed by atoms with Gasteiger partial charge in [0.05, 0.1) is 34.7 Å². The molecule has 13 heteroatoms. The molecule has 2 saturated carbocycles. The van der Waals surface area contributed by atoms with Crippen molar-refractivity contribution in [2.75, 3.05) is 4.90 Å². The van der Waals surface area contributed by atoms with Crippen LogP contribution in [0.5, 0.6) is 0 Å². The van der Waals surface area contributed by atoms with Gasteiger partial charge < -0.3 is 16.4 Å². The van der Waals surface area contributed by atoms with Gasteiger partial charge in [-0.15, -0.1) is 0 Å². The van der Waals surface area contributed by atoms with Crippen LogP contribution in [-0.2, 0) is 33.6 Å². The van der Waals surface area contributed by atoms with Gasteiger partial charge in [0.15, 0.2) is 0 Å². The van der Waals surface area contributed by atoms with Crippen LogP contribution in [0.1, 0.15) is 65.5 Å². The summed E-state index contributed by atoms with van der Waals surface area (Å²) in [5.74, 6) is -0.948. The van der Waals surface area contributed by atoms with Gasteiger partial charge in [0.1, 0.15) is 16.8 Å². The van der Waals surface area contributed by atoms with E-state index in [9.17, 15) is 19.6 Å². The monoisotopic (exact) mass is 668 g/mol. The minimum atomic E-state index is -1.31. The molecule has 238 valence electrons. The zero-order valence-corrected chi connectivity index (χ0v) is 26.9.